The Labute approximate surface area is 117 Å². The summed E-state index contributed by atoms with van der Waals surface area (Å²) >= 11 is 6.93. The van der Waals surface area contributed by atoms with Crippen molar-refractivity contribution in [2.75, 3.05) is 6.26 Å². The zero-order valence-corrected chi connectivity index (χ0v) is 13.2. The first-order chi connectivity index (χ1) is 8.06. The highest BCUT2D eigenvalue weighted by Gasteiger charge is 2.29. The molecule has 0 aromatic rings. The van der Waals surface area contributed by atoms with Crippen LogP contribution in [-0.4, -0.2) is 25.2 Å². The lowest BCUT2D eigenvalue weighted by molar-refractivity contribution is 0.503. The normalized spacial score (nSPS) is 20.8. The summed E-state index contributed by atoms with van der Waals surface area (Å²) in [4.78, 5) is 0. The average molecular weight is 291 g/mol. The Hall–Kier alpha value is 0.330. The third-order valence-electron chi connectivity index (χ3n) is 3.16. The van der Waals surface area contributed by atoms with Gasteiger partial charge in [-0.3, -0.25) is 4.21 Å². The Morgan fingerprint density at radius 3 is 2.53 bits per heavy atom. The summed E-state index contributed by atoms with van der Waals surface area (Å²) in [6.45, 7) is 5.93. The van der Waals surface area contributed by atoms with Crippen LogP contribution in [0.2, 0.25) is 0 Å². The van der Waals surface area contributed by atoms with Crippen molar-refractivity contribution < 1.29 is 4.21 Å². The van der Waals surface area contributed by atoms with E-state index in [0.717, 1.165) is 29.0 Å². The van der Waals surface area contributed by atoms with Crippen LogP contribution < -0.4 is 0 Å². The van der Waals surface area contributed by atoms with Crippen molar-refractivity contribution in [3.05, 3.63) is 12.2 Å². The number of rotatable bonds is 5. The molecule has 0 spiro atoms. The van der Waals surface area contributed by atoms with Crippen molar-refractivity contribution in [3.63, 3.8) is 0 Å². The van der Waals surface area contributed by atoms with Crippen molar-refractivity contribution in [2.24, 2.45) is 0 Å². The Balaban J connectivity index is 2.70. The number of allylic oxidation sites excluding steroid dienone is 1. The topological polar surface area (TPSA) is 17.1 Å². The summed E-state index contributed by atoms with van der Waals surface area (Å²) in [5.41, 5.74) is 1.08. The van der Waals surface area contributed by atoms with E-state index >= 15 is 0 Å². The van der Waals surface area contributed by atoms with E-state index in [1.165, 1.54) is 19.3 Å². The van der Waals surface area contributed by atoms with E-state index in [1.54, 1.807) is 11.8 Å². The molecule has 98 valence electrons. The maximum absolute atomic E-state index is 12.6. The van der Waals surface area contributed by atoms with Crippen LogP contribution in [0, 0.1) is 0 Å². The van der Waals surface area contributed by atoms with Crippen molar-refractivity contribution in [1.82, 2.24) is 0 Å². The van der Waals surface area contributed by atoms with Crippen LogP contribution >= 0.6 is 24.0 Å². The first kappa shape index (κ1) is 15.4. The molecule has 1 saturated carbocycles. The molecule has 0 aromatic heterocycles. The molecule has 2 atom stereocenters. The van der Waals surface area contributed by atoms with Gasteiger partial charge in [-0.1, -0.05) is 37.1 Å². The van der Waals surface area contributed by atoms with Crippen molar-refractivity contribution in [2.45, 2.75) is 55.9 Å². The van der Waals surface area contributed by atoms with Gasteiger partial charge >= 0.3 is 0 Å². The largest absolute Gasteiger partial charge is 0.259 e. The number of thioether (sulfide) groups is 1. The third-order valence-corrected chi connectivity index (χ3v) is 7.02. The van der Waals surface area contributed by atoms with E-state index in [-0.39, 0.29) is 5.25 Å². The zero-order valence-electron chi connectivity index (χ0n) is 10.7. The fourth-order valence-corrected chi connectivity index (χ4v) is 5.43. The average Bonchev–Trinajstić information content (AvgIpc) is 2.35. The number of hydrogen-bond donors (Lipinski definition) is 0. The Kier molecular flexibility index (Phi) is 6.97. The monoisotopic (exact) mass is 290 g/mol. The van der Waals surface area contributed by atoms with Gasteiger partial charge in [-0.15, -0.1) is 18.3 Å². The summed E-state index contributed by atoms with van der Waals surface area (Å²) < 4.78 is 13.5. The molecule has 0 radical (unpaired) electrons. The minimum Gasteiger partial charge on any atom is -0.259 e. The maximum Gasteiger partial charge on any atom is 0.0798 e. The van der Waals surface area contributed by atoms with Gasteiger partial charge in [0.1, 0.15) is 0 Å². The molecule has 4 heteroatoms. The van der Waals surface area contributed by atoms with Crippen LogP contribution in [0.15, 0.2) is 12.2 Å². The second-order valence-electron chi connectivity index (χ2n) is 4.76. The predicted octanol–water partition coefficient (Wildman–Crippen LogP) is 4.09. The van der Waals surface area contributed by atoms with Gasteiger partial charge in [-0.2, -0.15) is 0 Å². The van der Waals surface area contributed by atoms with Gasteiger partial charge in [0.2, 0.25) is 0 Å². The molecule has 1 nitrogen and oxygen atoms in total. The van der Waals surface area contributed by atoms with Crippen LogP contribution in [0.5, 0.6) is 0 Å². The van der Waals surface area contributed by atoms with Crippen molar-refractivity contribution >= 4 is 39.0 Å². The first-order valence-electron chi connectivity index (χ1n) is 6.18. The smallest absolute Gasteiger partial charge is 0.0798 e. The molecule has 0 unspecified atom stereocenters. The van der Waals surface area contributed by atoms with E-state index in [1.807, 2.05) is 13.2 Å². The SMILES string of the molecule is C=C(C)C[C@@H](C(=S)SC)[S@@](=O)C1CCCCC1. The molecule has 0 aromatic carbocycles. The molecule has 0 N–H and O–H groups in total. The molecule has 0 heterocycles. The molecule has 0 saturated heterocycles. The van der Waals surface area contributed by atoms with Crippen LogP contribution in [0.1, 0.15) is 45.4 Å². The molecule has 0 amide bonds. The molecule has 0 aliphatic heterocycles. The predicted molar refractivity (Wildman–Crippen MR) is 84.3 cm³/mol. The maximum atomic E-state index is 12.6. The zero-order chi connectivity index (χ0) is 12.8. The molecule has 1 rings (SSSR count). The van der Waals surface area contributed by atoms with Gasteiger partial charge in [0.05, 0.1) is 9.45 Å². The van der Waals surface area contributed by atoms with Gasteiger partial charge < -0.3 is 0 Å². The van der Waals surface area contributed by atoms with Crippen LogP contribution in [0.25, 0.3) is 0 Å². The lowest BCUT2D eigenvalue weighted by Gasteiger charge is -2.26. The second kappa shape index (κ2) is 7.70. The Bertz CT molecular complexity index is 306. The molecule has 1 aliphatic carbocycles. The second-order valence-corrected chi connectivity index (χ2v) is 8.20. The van der Waals surface area contributed by atoms with Crippen LogP contribution in [0.3, 0.4) is 0 Å². The van der Waals surface area contributed by atoms with Gasteiger partial charge in [-0.05, 0) is 32.4 Å². The van der Waals surface area contributed by atoms with E-state index in [0.29, 0.717) is 5.25 Å². The minimum atomic E-state index is -0.818. The summed E-state index contributed by atoms with van der Waals surface area (Å²) in [5.74, 6) is 0. The standard InChI is InChI=1S/C13H22OS3/c1-10(2)9-12(13(15)16-3)17(14)11-7-5-4-6-8-11/h11-12H,1,4-9H2,2-3H3/t12-,17-/m0/s1. The van der Waals surface area contributed by atoms with E-state index in [4.69, 9.17) is 12.2 Å². The first-order valence-corrected chi connectivity index (χ1v) is 9.08. The Morgan fingerprint density at radius 1 is 1.47 bits per heavy atom. The van der Waals surface area contributed by atoms with Crippen molar-refractivity contribution in [1.29, 1.82) is 0 Å². The fraction of sp³-hybridized carbons (Fsp3) is 0.769. The summed E-state index contributed by atoms with van der Waals surface area (Å²) in [5, 5.41) is 0.388. The molecule has 17 heavy (non-hydrogen) atoms. The summed E-state index contributed by atoms with van der Waals surface area (Å²) in [6.07, 6.45) is 8.72. The van der Waals surface area contributed by atoms with Crippen LogP contribution in [0.4, 0.5) is 0 Å². The van der Waals surface area contributed by atoms with Crippen LogP contribution in [-0.2, 0) is 10.8 Å². The molecule has 0 bridgehead atoms. The van der Waals surface area contributed by atoms with E-state index < -0.39 is 10.8 Å². The lowest BCUT2D eigenvalue weighted by Crippen LogP contribution is -2.32. The summed E-state index contributed by atoms with van der Waals surface area (Å²) in [7, 11) is -0.818. The molecular formula is C13H22OS3. The van der Waals surface area contributed by atoms with E-state index in [9.17, 15) is 4.21 Å². The molecule has 1 aliphatic rings. The summed E-state index contributed by atoms with van der Waals surface area (Å²) in [6, 6.07) is 0. The molecular weight excluding hydrogens is 268 g/mol. The van der Waals surface area contributed by atoms with Gasteiger partial charge in [0.15, 0.2) is 0 Å². The number of hydrogen-bond acceptors (Lipinski definition) is 3. The lowest BCUT2D eigenvalue weighted by atomic mass is 10.0. The third kappa shape index (κ3) is 4.84. The van der Waals surface area contributed by atoms with Gasteiger partial charge in [0.25, 0.3) is 0 Å². The quantitative estimate of drug-likeness (QED) is 0.561. The van der Waals surface area contributed by atoms with Gasteiger partial charge in [-0.25, -0.2) is 0 Å². The highest BCUT2D eigenvalue weighted by atomic mass is 32.2. The fourth-order valence-electron chi connectivity index (χ4n) is 2.24. The highest BCUT2D eigenvalue weighted by molar-refractivity contribution is 8.24. The Morgan fingerprint density at radius 2 is 2.06 bits per heavy atom. The highest BCUT2D eigenvalue weighted by Crippen LogP contribution is 2.27. The molecule has 1 fully saturated rings. The van der Waals surface area contributed by atoms with E-state index in [2.05, 4.69) is 6.58 Å². The number of thiocarbonyl (C=S) groups is 1. The van der Waals surface area contributed by atoms with Crippen molar-refractivity contribution in [3.8, 4) is 0 Å². The minimum absolute atomic E-state index is 0.0283. The van der Waals surface area contributed by atoms with Gasteiger partial charge in [0, 0.05) is 16.0 Å².